The summed E-state index contributed by atoms with van der Waals surface area (Å²) in [6, 6.07) is 2.06. The standard InChI is InChI=1S/C15H28N2O/c1-4-9-14(12-16)15(18)17-11-8-6-5-7-10-13(2)3/h13-14H,4-11H2,1-3H3,(H,17,18). The van der Waals surface area contributed by atoms with Crippen LogP contribution in [-0.2, 0) is 4.79 Å². The van der Waals surface area contributed by atoms with Gasteiger partial charge in [0.15, 0.2) is 0 Å². The van der Waals surface area contributed by atoms with Gasteiger partial charge in [0.1, 0.15) is 5.92 Å². The molecule has 0 saturated heterocycles. The van der Waals surface area contributed by atoms with Crippen molar-refractivity contribution in [3.63, 3.8) is 0 Å². The molecule has 3 nitrogen and oxygen atoms in total. The van der Waals surface area contributed by atoms with Crippen LogP contribution >= 0.6 is 0 Å². The minimum absolute atomic E-state index is 0.0958. The molecule has 0 heterocycles. The molecule has 0 aliphatic rings. The van der Waals surface area contributed by atoms with Gasteiger partial charge in [-0.15, -0.1) is 0 Å². The fourth-order valence-corrected chi connectivity index (χ4v) is 1.91. The Kier molecular flexibility index (Phi) is 10.4. The van der Waals surface area contributed by atoms with E-state index in [0.29, 0.717) is 13.0 Å². The Morgan fingerprint density at radius 1 is 1.17 bits per heavy atom. The van der Waals surface area contributed by atoms with Crippen LogP contribution in [0.25, 0.3) is 0 Å². The normalized spacial score (nSPS) is 12.2. The maximum atomic E-state index is 11.6. The van der Waals surface area contributed by atoms with Crippen LogP contribution in [0.2, 0.25) is 0 Å². The number of carbonyl (C=O) groups is 1. The summed E-state index contributed by atoms with van der Waals surface area (Å²) in [6.07, 6.45) is 7.54. The number of nitrogens with one attached hydrogen (secondary N) is 1. The van der Waals surface area contributed by atoms with Gasteiger partial charge < -0.3 is 5.32 Å². The van der Waals surface area contributed by atoms with E-state index in [0.717, 1.165) is 25.2 Å². The summed E-state index contributed by atoms with van der Waals surface area (Å²) in [5.41, 5.74) is 0. The van der Waals surface area contributed by atoms with E-state index in [1.807, 2.05) is 6.92 Å². The molecule has 1 N–H and O–H groups in total. The molecular weight excluding hydrogens is 224 g/mol. The van der Waals surface area contributed by atoms with Crippen molar-refractivity contribution in [3.05, 3.63) is 0 Å². The maximum absolute atomic E-state index is 11.6. The summed E-state index contributed by atoms with van der Waals surface area (Å²) in [4.78, 5) is 11.6. The van der Waals surface area contributed by atoms with Crippen molar-refractivity contribution in [2.24, 2.45) is 11.8 Å². The lowest BCUT2D eigenvalue weighted by atomic mass is 10.0. The van der Waals surface area contributed by atoms with E-state index < -0.39 is 5.92 Å². The van der Waals surface area contributed by atoms with Crippen molar-refractivity contribution in [2.75, 3.05) is 6.54 Å². The highest BCUT2D eigenvalue weighted by Gasteiger charge is 2.15. The van der Waals surface area contributed by atoms with Crippen LogP contribution in [0.5, 0.6) is 0 Å². The van der Waals surface area contributed by atoms with E-state index in [2.05, 4.69) is 25.2 Å². The van der Waals surface area contributed by atoms with Gasteiger partial charge in [0.25, 0.3) is 0 Å². The number of nitriles is 1. The summed E-state index contributed by atoms with van der Waals surface area (Å²) in [7, 11) is 0. The number of hydrogen-bond donors (Lipinski definition) is 1. The fourth-order valence-electron chi connectivity index (χ4n) is 1.91. The third kappa shape index (κ3) is 9.04. The van der Waals surface area contributed by atoms with Crippen LogP contribution in [0.3, 0.4) is 0 Å². The number of unbranched alkanes of at least 4 members (excludes halogenated alkanes) is 3. The third-order valence-corrected chi connectivity index (χ3v) is 3.06. The number of amides is 1. The molecule has 0 saturated carbocycles. The molecule has 0 rings (SSSR count). The Bertz CT molecular complexity index is 256. The van der Waals surface area contributed by atoms with Crippen molar-refractivity contribution in [1.82, 2.24) is 5.32 Å². The van der Waals surface area contributed by atoms with E-state index in [1.165, 1.54) is 19.3 Å². The van der Waals surface area contributed by atoms with Gasteiger partial charge in [-0.3, -0.25) is 4.79 Å². The van der Waals surface area contributed by atoms with Crippen molar-refractivity contribution >= 4 is 5.91 Å². The van der Waals surface area contributed by atoms with Gasteiger partial charge in [-0.25, -0.2) is 0 Å². The molecule has 0 aromatic heterocycles. The Labute approximate surface area is 112 Å². The topological polar surface area (TPSA) is 52.9 Å². The van der Waals surface area contributed by atoms with E-state index in [9.17, 15) is 4.79 Å². The number of carbonyl (C=O) groups excluding carboxylic acids is 1. The zero-order valence-corrected chi connectivity index (χ0v) is 12.2. The predicted octanol–water partition coefficient (Wildman–Crippen LogP) is 3.65. The van der Waals surface area contributed by atoms with Crippen molar-refractivity contribution in [1.29, 1.82) is 5.26 Å². The van der Waals surface area contributed by atoms with Gasteiger partial charge >= 0.3 is 0 Å². The predicted molar refractivity (Wildman–Crippen MR) is 74.9 cm³/mol. The van der Waals surface area contributed by atoms with Crippen LogP contribution in [0.1, 0.15) is 65.7 Å². The molecule has 18 heavy (non-hydrogen) atoms. The van der Waals surface area contributed by atoms with Crippen molar-refractivity contribution in [3.8, 4) is 6.07 Å². The van der Waals surface area contributed by atoms with E-state index in [1.54, 1.807) is 0 Å². The van der Waals surface area contributed by atoms with E-state index >= 15 is 0 Å². The van der Waals surface area contributed by atoms with E-state index in [-0.39, 0.29) is 5.91 Å². The van der Waals surface area contributed by atoms with Gasteiger partial charge in [-0.2, -0.15) is 5.26 Å². The Morgan fingerprint density at radius 2 is 1.83 bits per heavy atom. The molecule has 3 heteroatoms. The van der Waals surface area contributed by atoms with Crippen LogP contribution in [-0.4, -0.2) is 12.5 Å². The molecule has 0 aromatic carbocycles. The smallest absolute Gasteiger partial charge is 0.237 e. The molecule has 0 aliphatic heterocycles. The zero-order chi connectivity index (χ0) is 13.8. The summed E-state index contributed by atoms with van der Waals surface area (Å²) in [5, 5.41) is 11.7. The van der Waals surface area contributed by atoms with Crippen LogP contribution in [0, 0.1) is 23.2 Å². The minimum atomic E-state index is -0.462. The lowest BCUT2D eigenvalue weighted by Crippen LogP contribution is -2.30. The molecule has 0 spiro atoms. The molecule has 0 aliphatic carbocycles. The second-order valence-electron chi connectivity index (χ2n) is 5.36. The summed E-state index contributed by atoms with van der Waals surface area (Å²) >= 11 is 0. The SMILES string of the molecule is CCCC(C#N)C(=O)NCCCCCCC(C)C. The molecule has 1 amide bonds. The quantitative estimate of drug-likeness (QED) is 0.603. The minimum Gasteiger partial charge on any atom is -0.355 e. The number of nitrogens with zero attached hydrogens (tertiary/aromatic N) is 1. The highest BCUT2D eigenvalue weighted by atomic mass is 16.1. The summed E-state index contributed by atoms with van der Waals surface area (Å²) in [5.74, 6) is 0.229. The van der Waals surface area contributed by atoms with Crippen LogP contribution in [0.4, 0.5) is 0 Å². The lowest BCUT2D eigenvalue weighted by Gasteiger charge is -2.09. The van der Waals surface area contributed by atoms with Crippen LogP contribution in [0.15, 0.2) is 0 Å². The molecule has 104 valence electrons. The first-order chi connectivity index (χ1) is 8.61. The largest absolute Gasteiger partial charge is 0.355 e. The van der Waals surface area contributed by atoms with Gasteiger partial charge in [0.05, 0.1) is 6.07 Å². The maximum Gasteiger partial charge on any atom is 0.237 e. The highest BCUT2D eigenvalue weighted by molar-refractivity contribution is 5.80. The summed E-state index contributed by atoms with van der Waals surface area (Å²) in [6.45, 7) is 7.20. The lowest BCUT2D eigenvalue weighted by molar-refractivity contribution is -0.123. The van der Waals surface area contributed by atoms with Gasteiger partial charge in [-0.05, 0) is 18.8 Å². The molecule has 0 bridgehead atoms. The van der Waals surface area contributed by atoms with Gasteiger partial charge in [-0.1, -0.05) is 52.9 Å². The Balaban J connectivity index is 3.48. The van der Waals surface area contributed by atoms with E-state index in [4.69, 9.17) is 5.26 Å². The third-order valence-electron chi connectivity index (χ3n) is 3.06. The second kappa shape index (κ2) is 11.1. The summed E-state index contributed by atoms with van der Waals surface area (Å²) < 4.78 is 0. The first-order valence-corrected chi connectivity index (χ1v) is 7.29. The van der Waals surface area contributed by atoms with Crippen molar-refractivity contribution < 1.29 is 4.79 Å². The van der Waals surface area contributed by atoms with Gasteiger partial charge in [0, 0.05) is 6.54 Å². The molecule has 1 unspecified atom stereocenters. The average molecular weight is 252 g/mol. The van der Waals surface area contributed by atoms with Crippen molar-refractivity contribution in [2.45, 2.75) is 65.7 Å². The van der Waals surface area contributed by atoms with Crippen LogP contribution < -0.4 is 5.32 Å². The van der Waals surface area contributed by atoms with Gasteiger partial charge in [0.2, 0.25) is 5.91 Å². The highest BCUT2D eigenvalue weighted by Crippen LogP contribution is 2.09. The first-order valence-electron chi connectivity index (χ1n) is 7.29. The molecule has 0 fully saturated rings. The molecule has 0 radical (unpaired) electrons. The Hall–Kier alpha value is -1.04. The molecule has 1 atom stereocenters. The molecular formula is C15H28N2O. The zero-order valence-electron chi connectivity index (χ0n) is 12.2. The first kappa shape index (κ1) is 17.0. The fraction of sp³-hybridized carbons (Fsp3) is 0.867. The number of rotatable bonds is 10. The Morgan fingerprint density at radius 3 is 2.39 bits per heavy atom. The number of hydrogen-bond acceptors (Lipinski definition) is 2. The second-order valence-corrected chi connectivity index (χ2v) is 5.36. The monoisotopic (exact) mass is 252 g/mol. The average Bonchev–Trinajstić information content (AvgIpc) is 2.34. The molecule has 0 aromatic rings.